The number of anilines is 1. The zero-order valence-electron chi connectivity index (χ0n) is 23.6. The summed E-state index contributed by atoms with van der Waals surface area (Å²) in [6.45, 7) is 5.14. The van der Waals surface area contributed by atoms with Crippen molar-refractivity contribution in [2.45, 2.75) is 50.4 Å². The Hall–Kier alpha value is -4.09. The monoisotopic (exact) mass is 613 g/mol. The number of halogens is 1. The summed E-state index contributed by atoms with van der Waals surface area (Å²) >= 11 is 6.03. The molecule has 3 aromatic rings. The van der Waals surface area contributed by atoms with Crippen molar-refractivity contribution in [3.8, 4) is 5.75 Å². The van der Waals surface area contributed by atoms with Gasteiger partial charge in [-0.25, -0.2) is 13.2 Å². The number of ether oxygens (including phenoxy) is 2. The van der Waals surface area contributed by atoms with Crippen LogP contribution in [0, 0.1) is 0 Å². The molecule has 0 spiro atoms. The number of carbonyl (C=O) groups is 3. The Morgan fingerprint density at radius 2 is 1.64 bits per heavy atom. The maximum atomic E-state index is 13.9. The minimum atomic E-state index is -4.08. The first-order valence-corrected chi connectivity index (χ1v) is 15.1. The number of sulfone groups is 1. The van der Waals surface area contributed by atoms with Crippen LogP contribution in [-0.2, 0) is 32.5 Å². The molecule has 0 bridgehead atoms. The predicted octanol–water partition coefficient (Wildman–Crippen LogP) is 4.49. The van der Waals surface area contributed by atoms with Gasteiger partial charge in [0.2, 0.25) is 0 Å². The lowest BCUT2D eigenvalue weighted by Crippen LogP contribution is -2.51. The molecule has 1 aliphatic heterocycles. The Labute approximate surface area is 249 Å². The average Bonchev–Trinajstić information content (AvgIpc) is 3.00. The fourth-order valence-electron chi connectivity index (χ4n) is 4.34. The van der Waals surface area contributed by atoms with E-state index in [2.05, 4.69) is 10.6 Å². The molecule has 0 saturated carbocycles. The summed E-state index contributed by atoms with van der Waals surface area (Å²) in [5.74, 6) is -1.13. The molecule has 12 heteroatoms. The highest BCUT2D eigenvalue weighted by Crippen LogP contribution is 2.33. The Balaban J connectivity index is 1.68. The Morgan fingerprint density at radius 3 is 2.26 bits per heavy atom. The molecule has 1 aliphatic rings. The highest BCUT2D eigenvalue weighted by atomic mass is 35.5. The van der Waals surface area contributed by atoms with E-state index in [0.717, 1.165) is 5.56 Å². The number of nitrogens with zero attached hydrogens (tertiary/aromatic N) is 1. The van der Waals surface area contributed by atoms with E-state index in [4.69, 9.17) is 21.1 Å². The summed E-state index contributed by atoms with van der Waals surface area (Å²) < 4.78 is 37.4. The van der Waals surface area contributed by atoms with Gasteiger partial charge in [0.15, 0.2) is 9.84 Å². The number of rotatable bonds is 7. The van der Waals surface area contributed by atoms with Crippen LogP contribution in [0.4, 0.5) is 10.5 Å². The third-order valence-electron chi connectivity index (χ3n) is 6.35. The second-order valence-corrected chi connectivity index (χ2v) is 13.2. The van der Waals surface area contributed by atoms with Crippen LogP contribution in [0.2, 0.25) is 5.02 Å². The van der Waals surface area contributed by atoms with Gasteiger partial charge in [0.1, 0.15) is 17.4 Å². The molecule has 2 N–H and O–H groups in total. The normalized spacial score (nSPS) is 16.2. The van der Waals surface area contributed by atoms with Crippen LogP contribution in [0.15, 0.2) is 71.6 Å². The Kier molecular flexibility index (Phi) is 9.12. The fraction of sp³-hybridized carbons (Fsp3) is 0.300. The van der Waals surface area contributed by atoms with E-state index in [-0.39, 0.29) is 29.2 Å². The standard InChI is InChI=1S/C30H32ClN3O7S/c1-30(2,3)41-29(37)33-24-18-42(38,39)26-14-9-21(27(35)32-16-19-7-12-23(40-4)13-8-19)15-25(26)34(28(24)36)17-20-5-10-22(31)11-6-20/h5-15,24H,16-18H2,1-4H3,(H,32,35)(H,33,37)/t24-/m0/s1. The first-order chi connectivity index (χ1) is 19.8. The molecule has 3 aromatic carbocycles. The molecule has 0 aromatic heterocycles. The maximum Gasteiger partial charge on any atom is 0.408 e. The van der Waals surface area contributed by atoms with Gasteiger partial charge in [-0.2, -0.15) is 0 Å². The fourth-order valence-corrected chi connectivity index (χ4v) is 6.07. The quantitative estimate of drug-likeness (QED) is 0.401. The van der Waals surface area contributed by atoms with Crippen LogP contribution in [0.3, 0.4) is 0 Å². The molecule has 0 aliphatic carbocycles. The molecule has 3 amide bonds. The smallest absolute Gasteiger partial charge is 0.408 e. The van der Waals surface area contributed by atoms with Crippen molar-refractivity contribution in [1.82, 2.24) is 10.6 Å². The van der Waals surface area contributed by atoms with E-state index in [1.807, 2.05) is 12.1 Å². The SMILES string of the molecule is COc1ccc(CNC(=O)c2ccc3c(c2)N(Cc2ccc(Cl)cc2)C(=O)[C@@H](NC(=O)OC(C)(C)C)CS3(=O)=O)cc1. The van der Waals surface area contributed by atoms with E-state index >= 15 is 0 Å². The molecule has 0 fully saturated rings. The van der Waals surface area contributed by atoms with Crippen molar-refractivity contribution in [2.75, 3.05) is 17.8 Å². The molecule has 1 heterocycles. The largest absolute Gasteiger partial charge is 0.497 e. The molecular weight excluding hydrogens is 582 g/mol. The number of carbonyl (C=O) groups excluding carboxylic acids is 3. The first kappa shape index (κ1) is 30.9. The van der Waals surface area contributed by atoms with E-state index in [0.29, 0.717) is 16.3 Å². The van der Waals surface area contributed by atoms with E-state index in [1.54, 1.807) is 64.3 Å². The highest BCUT2D eigenvalue weighted by Gasteiger charge is 2.39. The van der Waals surface area contributed by atoms with Gasteiger partial charge in [-0.1, -0.05) is 35.9 Å². The van der Waals surface area contributed by atoms with Gasteiger partial charge in [-0.05, 0) is 74.4 Å². The molecule has 0 unspecified atom stereocenters. The minimum Gasteiger partial charge on any atom is -0.497 e. The second kappa shape index (κ2) is 12.4. The summed E-state index contributed by atoms with van der Waals surface area (Å²) in [5, 5.41) is 5.73. The maximum absolute atomic E-state index is 13.9. The zero-order valence-corrected chi connectivity index (χ0v) is 25.2. The summed E-state index contributed by atoms with van der Waals surface area (Å²) in [6, 6.07) is 16.5. The number of benzene rings is 3. The molecule has 0 radical (unpaired) electrons. The topological polar surface area (TPSA) is 131 Å². The van der Waals surface area contributed by atoms with E-state index < -0.39 is 45.1 Å². The van der Waals surface area contributed by atoms with Crippen LogP contribution in [0.1, 0.15) is 42.3 Å². The first-order valence-electron chi connectivity index (χ1n) is 13.1. The summed E-state index contributed by atoms with van der Waals surface area (Å²) in [6.07, 6.45) is -0.924. The molecule has 10 nitrogen and oxygen atoms in total. The van der Waals surface area contributed by atoms with E-state index in [9.17, 15) is 22.8 Å². The lowest BCUT2D eigenvalue weighted by atomic mass is 10.1. The molecule has 42 heavy (non-hydrogen) atoms. The van der Waals surface area contributed by atoms with Crippen molar-refractivity contribution in [1.29, 1.82) is 0 Å². The Bertz CT molecular complexity index is 1580. The average molecular weight is 614 g/mol. The summed E-state index contributed by atoms with van der Waals surface area (Å²) in [4.78, 5) is 40.7. The van der Waals surface area contributed by atoms with Crippen molar-refractivity contribution < 1.29 is 32.3 Å². The van der Waals surface area contributed by atoms with Gasteiger partial charge in [0.05, 0.1) is 30.0 Å². The lowest BCUT2D eigenvalue weighted by molar-refractivity contribution is -0.120. The number of hydrogen-bond donors (Lipinski definition) is 2. The third kappa shape index (κ3) is 7.59. The molecule has 4 rings (SSSR count). The molecule has 1 atom stereocenters. The number of alkyl carbamates (subject to hydrolysis) is 1. The van der Waals surface area contributed by atoms with Crippen LogP contribution < -0.4 is 20.3 Å². The highest BCUT2D eigenvalue weighted by molar-refractivity contribution is 7.91. The van der Waals surface area contributed by atoms with Gasteiger partial charge in [0.25, 0.3) is 11.8 Å². The Morgan fingerprint density at radius 1 is 1.00 bits per heavy atom. The molecule has 0 saturated heterocycles. The number of methoxy groups -OCH3 is 1. The van der Waals surface area contributed by atoms with Crippen molar-refractivity contribution in [3.63, 3.8) is 0 Å². The second-order valence-electron chi connectivity index (χ2n) is 10.7. The van der Waals surface area contributed by atoms with Crippen LogP contribution in [-0.4, -0.2) is 50.8 Å². The van der Waals surface area contributed by atoms with Crippen LogP contribution >= 0.6 is 11.6 Å². The van der Waals surface area contributed by atoms with Crippen molar-refractivity contribution in [2.24, 2.45) is 0 Å². The van der Waals surface area contributed by atoms with Gasteiger partial charge < -0.3 is 25.0 Å². The van der Waals surface area contributed by atoms with Gasteiger partial charge in [-0.3, -0.25) is 9.59 Å². The minimum absolute atomic E-state index is 0.0283. The third-order valence-corrected chi connectivity index (χ3v) is 8.39. The molecular formula is C30H32ClN3O7S. The predicted molar refractivity (Wildman–Crippen MR) is 158 cm³/mol. The van der Waals surface area contributed by atoms with Crippen LogP contribution in [0.25, 0.3) is 0 Å². The number of nitrogens with one attached hydrogen (secondary N) is 2. The molecule has 222 valence electrons. The van der Waals surface area contributed by atoms with Gasteiger partial charge in [-0.15, -0.1) is 0 Å². The van der Waals surface area contributed by atoms with E-state index in [1.165, 1.54) is 23.1 Å². The summed E-state index contributed by atoms with van der Waals surface area (Å²) in [5.41, 5.74) is 0.808. The van der Waals surface area contributed by atoms with Crippen molar-refractivity contribution >= 4 is 45.0 Å². The van der Waals surface area contributed by atoms with Crippen LogP contribution in [0.5, 0.6) is 5.75 Å². The van der Waals surface area contributed by atoms with Gasteiger partial charge in [0, 0.05) is 17.1 Å². The number of hydrogen-bond acceptors (Lipinski definition) is 7. The van der Waals surface area contributed by atoms with Crippen molar-refractivity contribution in [3.05, 3.63) is 88.4 Å². The number of amides is 3. The summed E-state index contributed by atoms with van der Waals surface area (Å²) in [7, 11) is -2.52. The van der Waals surface area contributed by atoms with Gasteiger partial charge >= 0.3 is 6.09 Å². The lowest BCUT2D eigenvalue weighted by Gasteiger charge is -2.27. The zero-order chi connectivity index (χ0) is 30.7. The number of fused-ring (bicyclic) bond motifs is 1.